The molecule has 1 heterocycles. The Labute approximate surface area is 122 Å². The molecule has 102 valence electrons. The second-order valence-electron chi connectivity index (χ2n) is 4.80. The first-order chi connectivity index (χ1) is 10.2. The van der Waals surface area contributed by atoms with E-state index in [0.717, 1.165) is 22.0 Å². The summed E-state index contributed by atoms with van der Waals surface area (Å²) in [5.74, 6) is 2.28. The number of benzene rings is 2. The van der Waals surface area contributed by atoms with Gasteiger partial charge in [0.1, 0.15) is 0 Å². The van der Waals surface area contributed by atoms with Crippen molar-refractivity contribution >= 4 is 22.5 Å². The number of amides is 1. The van der Waals surface area contributed by atoms with Crippen LogP contribution >= 0.6 is 0 Å². The number of rotatable bonds is 2. The van der Waals surface area contributed by atoms with Gasteiger partial charge in [0, 0.05) is 16.6 Å². The zero-order valence-corrected chi connectivity index (χ0v) is 11.5. The number of carbonyl (C=O) groups is 1. The van der Waals surface area contributed by atoms with Crippen LogP contribution in [0.1, 0.15) is 21.6 Å². The molecule has 0 saturated carbocycles. The Morgan fingerprint density at radius 3 is 2.95 bits per heavy atom. The standard InChI is InChI=1S/C17H13N3O/c1-3-12-5-4-6-13(10-12)18-17(21)16-14-9-11(2)7-8-15(14)19-20-16/h1,4-10H,2H3,(H,18,21)(H,19,20). The number of aromatic nitrogens is 2. The summed E-state index contributed by atoms with van der Waals surface area (Å²) in [6.07, 6.45) is 5.36. The van der Waals surface area contributed by atoms with Gasteiger partial charge in [0.25, 0.3) is 5.91 Å². The Hall–Kier alpha value is -3.06. The van der Waals surface area contributed by atoms with Gasteiger partial charge in [-0.1, -0.05) is 23.6 Å². The molecule has 4 nitrogen and oxygen atoms in total. The van der Waals surface area contributed by atoms with Crippen molar-refractivity contribution in [3.8, 4) is 12.3 Å². The Bertz CT molecular complexity index is 871. The molecule has 0 radical (unpaired) electrons. The Morgan fingerprint density at radius 2 is 2.14 bits per heavy atom. The van der Waals surface area contributed by atoms with Crippen molar-refractivity contribution in [2.45, 2.75) is 6.92 Å². The predicted octanol–water partition coefficient (Wildman–Crippen LogP) is 3.10. The summed E-state index contributed by atoms with van der Waals surface area (Å²) in [7, 11) is 0. The van der Waals surface area contributed by atoms with Crippen LogP contribution < -0.4 is 5.32 Å². The van der Waals surface area contributed by atoms with E-state index in [1.165, 1.54) is 0 Å². The molecule has 1 aromatic heterocycles. The van der Waals surface area contributed by atoms with Gasteiger partial charge in [-0.15, -0.1) is 6.42 Å². The summed E-state index contributed by atoms with van der Waals surface area (Å²) in [6, 6.07) is 13.0. The molecule has 0 saturated heterocycles. The van der Waals surface area contributed by atoms with E-state index in [0.29, 0.717) is 11.4 Å². The zero-order valence-electron chi connectivity index (χ0n) is 11.5. The lowest BCUT2D eigenvalue weighted by Gasteiger charge is -2.04. The van der Waals surface area contributed by atoms with Crippen molar-refractivity contribution in [2.24, 2.45) is 0 Å². The molecule has 21 heavy (non-hydrogen) atoms. The zero-order chi connectivity index (χ0) is 14.8. The molecular weight excluding hydrogens is 262 g/mol. The quantitative estimate of drug-likeness (QED) is 0.706. The molecule has 0 aliphatic carbocycles. The van der Waals surface area contributed by atoms with E-state index in [9.17, 15) is 4.79 Å². The lowest BCUT2D eigenvalue weighted by Crippen LogP contribution is -2.12. The van der Waals surface area contributed by atoms with Gasteiger partial charge >= 0.3 is 0 Å². The Kier molecular flexibility index (Phi) is 3.17. The molecule has 3 aromatic rings. The molecule has 4 heteroatoms. The highest BCUT2D eigenvalue weighted by molar-refractivity contribution is 6.11. The van der Waals surface area contributed by atoms with E-state index in [1.54, 1.807) is 18.2 Å². The molecule has 0 aliphatic rings. The number of carbonyl (C=O) groups excluding carboxylic acids is 1. The highest BCUT2D eigenvalue weighted by atomic mass is 16.1. The molecule has 0 fully saturated rings. The molecule has 3 rings (SSSR count). The van der Waals surface area contributed by atoms with Crippen LogP contribution in [0.4, 0.5) is 5.69 Å². The van der Waals surface area contributed by atoms with Gasteiger partial charge in [0.2, 0.25) is 0 Å². The van der Waals surface area contributed by atoms with Crippen molar-refractivity contribution in [1.82, 2.24) is 10.2 Å². The fourth-order valence-electron chi connectivity index (χ4n) is 2.18. The van der Waals surface area contributed by atoms with Gasteiger partial charge in [-0.05, 0) is 37.3 Å². The number of aromatic amines is 1. The molecule has 2 aromatic carbocycles. The van der Waals surface area contributed by atoms with Crippen molar-refractivity contribution in [2.75, 3.05) is 5.32 Å². The first-order valence-electron chi connectivity index (χ1n) is 6.50. The fourth-order valence-corrected chi connectivity index (χ4v) is 2.18. The van der Waals surface area contributed by atoms with E-state index in [2.05, 4.69) is 21.4 Å². The van der Waals surface area contributed by atoms with Crippen LogP contribution in [-0.4, -0.2) is 16.1 Å². The van der Waals surface area contributed by atoms with Crippen LogP contribution in [0.25, 0.3) is 10.9 Å². The molecule has 1 amide bonds. The third kappa shape index (κ3) is 2.49. The number of hydrogen-bond acceptors (Lipinski definition) is 2. The number of nitrogens with one attached hydrogen (secondary N) is 2. The molecule has 0 bridgehead atoms. The van der Waals surface area contributed by atoms with E-state index in [-0.39, 0.29) is 5.91 Å². The largest absolute Gasteiger partial charge is 0.321 e. The van der Waals surface area contributed by atoms with Gasteiger partial charge in [-0.25, -0.2) is 0 Å². The second kappa shape index (κ2) is 5.14. The summed E-state index contributed by atoms with van der Waals surface area (Å²) >= 11 is 0. The van der Waals surface area contributed by atoms with Gasteiger partial charge in [0.15, 0.2) is 5.69 Å². The molecule has 2 N–H and O–H groups in total. The monoisotopic (exact) mass is 275 g/mol. The maximum Gasteiger partial charge on any atom is 0.276 e. The lowest BCUT2D eigenvalue weighted by molar-refractivity contribution is 0.102. The van der Waals surface area contributed by atoms with Crippen molar-refractivity contribution < 1.29 is 4.79 Å². The molecular formula is C17H13N3O. The average molecular weight is 275 g/mol. The van der Waals surface area contributed by atoms with Crippen LogP contribution in [-0.2, 0) is 0 Å². The number of hydrogen-bond donors (Lipinski definition) is 2. The number of nitrogens with zero attached hydrogens (tertiary/aromatic N) is 1. The van der Waals surface area contributed by atoms with Gasteiger partial charge in [-0.3, -0.25) is 9.89 Å². The summed E-state index contributed by atoms with van der Waals surface area (Å²) in [5.41, 5.74) is 3.66. The van der Waals surface area contributed by atoms with Crippen LogP contribution in [0.15, 0.2) is 42.5 Å². The first-order valence-corrected chi connectivity index (χ1v) is 6.50. The third-order valence-corrected chi connectivity index (χ3v) is 3.22. The minimum atomic E-state index is -0.263. The average Bonchev–Trinajstić information content (AvgIpc) is 2.90. The van der Waals surface area contributed by atoms with Crippen LogP contribution in [0.5, 0.6) is 0 Å². The number of terminal acetylenes is 1. The summed E-state index contributed by atoms with van der Waals surface area (Å²) in [6.45, 7) is 1.98. The molecule has 0 unspecified atom stereocenters. The number of aryl methyl sites for hydroxylation is 1. The lowest BCUT2D eigenvalue weighted by atomic mass is 10.1. The second-order valence-corrected chi connectivity index (χ2v) is 4.80. The summed E-state index contributed by atoms with van der Waals surface area (Å²) in [4.78, 5) is 12.4. The molecule has 0 aliphatic heterocycles. The molecule has 0 atom stereocenters. The number of fused-ring (bicyclic) bond motifs is 1. The highest BCUT2D eigenvalue weighted by Crippen LogP contribution is 2.19. The van der Waals surface area contributed by atoms with Crippen LogP contribution in [0.3, 0.4) is 0 Å². The topological polar surface area (TPSA) is 57.8 Å². The maximum atomic E-state index is 12.4. The van der Waals surface area contributed by atoms with Gasteiger partial charge in [-0.2, -0.15) is 5.10 Å². The van der Waals surface area contributed by atoms with Crippen molar-refractivity contribution in [1.29, 1.82) is 0 Å². The normalized spacial score (nSPS) is 10.3. The minimum absolute atomic E-state index is 0.263. The van der Waals surface area contributed by atoms with Gasteiger partial charge in [0.05, 0.1) is 5.52 Å². The third-order valence-electron chi connectivity index (χ3n) is 3.22. The SMILES string of the molecule is C#Cc1cccc(NC(=O)c2n[nH]c3ccc(C)cc23)c1. The number of H-pyrrole nitrogens is 1. The predicted molar refractivity (Wildman–Crippen MR) is 83.2 cm³/mol. The smallest absolute Gasteiger partial charge is 0.276 e. The summed E-state index contributed by atoms with van der Waals surface area (Å²) < 4.78 is 0. The first kappa shape index (κ1) is 12.9. The highest BCUT2D eigenvalue weighted by Gasteiger charge is 2.14. The van der Waals surface area contributed by atoms with E-state index < -0.39 is 0 Å². The van der Waals surface area contributed by atoms with E-state index >= 15 is 0 Å². The maximum absolute atomic E-state index is 12.4. The Morgan fingerprint density at radius 1 is 1.29 bits per heavy atom. The van der Waals surface area contributed by atoms with E-state index in [4.69, 9.17) is 6.42 Å². The van der Waals surface area contributed by atoms with Crippen LogP contribution in [0, 0.1) is 19.3 Å². The number of anilines is 1. The fraction of sp³-hybridized carbons (Fsp3) is 0.0588. The van der Waals surface area contributed by atoms with Crippen LogP contribution in [0.2, 0.25) is 0 Å². The van der Waals surface area contributed by atoms with Gasteiger partial charge < -0.3 is 5.32 Å². The van der Waals surface area contributed by atoms with Crippen molar-refractivity contribution in [3.63, 3.8) is 0 Å². The van der Waals surface area contributed by atoms with E-state index in [1.807, 2.05) is 31.2 Å². The molecule has 0 spiro atoms. The minimum Gasteiger partial charge on any atom is -0.321 e. The summed E-state index contributed by atoms with van der Waals surface area (Å²) in [5, 5.41) is 10.6. The van der Waals surface area contributed by atoms with Crippen molar-refractivity contribution in [3.05, 3.63) is 59.3 Å². The Balaban J connectivity index is 1.94.